The molecule has 0 radical (unpaired) electrons. The van der Waals surface area contributed by atoms with Crippen LogP contribution in [-0.4, -0.2) is 18.8 Å². The van der Waals surface area contributed by atoms with Crippen molar-refractivity contribution in [2.75, 3.05) is 13.7 Å². The van der Waals surface area contributed by atoms with Gasteiger partial charge in [0.25, 0.3) is 0 Å². The molecule has 0 amide bonds. The van der Waals surface area contributed by atoms with E-state index in [1.165, 1.54) is 11.1 Å². The van der Waals surface area contributed by atoms with Gasteiger partial charge >= 0.3 is 0 Å². The maximum atomic E-state index is 8.68. The quantitative estimate of drug-likeness (QED) is 0.728. The Balaban J connectivity index is 2.51. The molecule has 1 aromatic rings. The highest BCUT2D eigenvalue weighted by molar-refractivity contribution is 5.34. The number of aliphatic hydroxyl groups excluding tert-OH is 1. The van der Waals surface area contributed by atoms with Gasteiger partial charge in [0.1, 0.15) is 5.75 Å². The predicted octanol–water partition coefficient (Wildman–Crippen LogP) is 2.71. The van der Waals surface area contributed by atoms with Crippen LogP contribution in [0.5, 0.6) is 5.75 Å². The first-order valence-corrected chi connectivity index (χ1v) is 5.52. The minimum Gasteiger partial charge on any atom is -0.497 e. The Labute approximate surface area is 91.9 Å². The van der Waals surface area contributed by atoms with Gasteiger partial charge in [0.05, 0.1) is 7.11 Å². The summed E-state index contributed by atoms with van der Waals surface area (Å²) in [6.07, 6.45) is 4.20. The number of ether oxygens (including phenoxy) is 1. The molecule has 0 saturated carbocycles. The number of rotatable bonds is 6. The van der Waals surface area contributed by atoms with Gasteiger partial charge in [0.2, 0.25) is 0 Å². The zero-order chi connectivity index (χ0) is 11.1. The molecule has 1 rings (SSSR count). The number of methoxy groups -OCH3 is 1. The van der Waals surface area contributed by atoms with E-state index < -0.39 is 0 Å². The molecule has 0 unspecified atom stereocenters. The summed E-state index contributed by atoms with van der Waals surface area (Å²) in [5.41, 5.74) is 2.67. The summed E-state index contributed by atoms with van der Waals surface area (Å²) >= 11 is 0. The third kappa shape index (κ3) is 3.92. The van der Waals surface area contributed by atoms with E-state index in [9.17, 15) is 0 Å². The molecule has 2 heteroatoms. The van der Waals surface area contributed by atoms with Gasteiger partial charge in [-0.1, -0.05) is 12.5 Å². The van der Waals surface area contributed by atoms with Crippen molar-refractivity contribution in [2.45, 2.75) is 32.6 Å². The van der Waals surface area contributed by atoms with Crippen LogP contribution in [0.4, 0.5) is 0 Å². The summed E-state index contributed by atoms with van der Waals surface area (Å²) < 4.78 is 5.20. The molecular weight excluding hydrogens is 188 g/mol. The second-order valence-electron chi connectivity index (χ2n) is 3.83. The van der Waals surface area contributed by atoms with Gasteiger partial charge in [-0.15, -0.1) is 0 Å². The first kappa shape index (κ1) is 12.1. The lowest BCUT2D eigenvalue weighted by molar-refractivity contribution is 0.283. The van der Waals surface area contributed by atoms with Gasteiger partial charge in [-0.3, -0.25) is 0 Å². The van der Waals surface area contributed by atoms with E-state index in [-0.39, 0.29) is 0 Å². The average molecular weight is 208 g/mol. The molecule has 0 aromatic heterocycles. The van der Waals surface area contributed by atoms with Crippen molar-refractivity contribution in [2.24, 2.45) is 0 Å². The number of unbranched alkanes of at least 4 members (excludes halogenated alkanes) is 2. The van der Waals surface area contributed by atoms with Gasteiger partial charge in [-0.2, -0.15) is 0 Å². The van der Waals surface area contributed by atoms with E-state index in [1.54, 1.807) is 7.11 Å². The molecule has 84 valence electrons. The first-order chi connectivity index (χ1) is 7.27. The normalized spacial score (nSPS) is 10.3. The SMILES string of the molecule is COc1ccc(C)c(CCCCCO)c1. The zero-order valence-electron chi connectivity index (χ0n) is 9.62. The van der Waals surface area contributed by atoms with Crippen LogP contribution in [0, 0.1) is 6.92 Å². The Morgan fingerprint density at radius 1 is 1.20 bits per heavy atom. The standard InChI is InChI=1S/C13H20O2/c1-11-7-8-13(15-2)10-12(11)6-4-3-5-9-14/h7-8,10,14H,3-6,9H2,1-2H3. The fraction of sp³-hybridized carbons (Fsp3) is 0.538. The molecule has 0 atom stereocenters. The zero-order valence-corrected chi connectivity index (χ0v) is 9.62. The Kier molecular flexibility index (Phi) is 5.19. The molecule has 0 aliphatic carbocycles. The Morgan fingerprint density at radius 2 is 2.00 bits per heavy atom. The van der Waals surface area contributed by atoms with E-state index in [4.69, 9.17) is 9.84 Å². The van der Waals surface area contributed by atoms with Crippen LogP contribution in [0.15, 0.2) is 18.2 Å². The van der Waals surface area contributed by atoms with E-state index in [2.05, 4.69) is 19.1 Å². The summed E-state index contributed by atoms with van der Waals surface area (Å²) in [4.78, 5) is 0. The van der Waals surface area contributed by atoms with Crippen LogP contribution in [0.3, 0.4) is 0 Å². The molecule has 0 saturated heterocycles. The van der Waals surface area contributed by atoms with Crippen LogP contribution in [-0.2, 0) is 6.42 Å². The molecule has 0 spiro atoms. The number of aryl methyl sites for hydroxylation is 2. The highest BCUT2D eigenvalue weighted by atomic mass is 16.5. The number of hydrogen-bond donors (Lipinski definition) is 1. The maximum absolute atomic E-state index is 8.68. The minimum atomic E-state index is 0.303. The van der Waals surface area contributed by atoms with Crippen molar-refractivity contribution in [3.05, 3.63) is 29.3 Å². The van der Waals surface area contributed by atoms with Gasteiger partial charge < -0.3 is 9.84 Å². The lowest BCUT2D eigenvalue weighted by Gasteiger charge is -2.08. The van der Waals surface area contributed by atoms with E-state index >= 15 is 0 Å². The largest absolute Gasteiger partial charge is 0.497 e. The topological polar surface area (TPSA) is 29.5 Å². The van der Waals surface area contributed by atoms with Crippen LogP contribution in [0.1, 0.15) is 30.4 Å². The predicted molar refractivity (Wildman–Crippen MR) is 62.4 cm³/mol. The smallest absolute Gasteiger partial charge is 0.119 e. The van der Waals surface area contributed by atoms with Crippen LogP contribution in [0.2, 0.25) is 0 Å². The Hall–Kier alpha value is -1.02. The molecule has 0 heterocycles. The second kappa shape index (κ2) is 6.46. The fourth-order valence-corrected chi connectivity index (χ4v) is 1.65. The third-order valence-corrected chi connectivity index (χ3v) is 2.66. The van der Waals surface area contributed by atoms with Gasteiger partial charge in [-0.05, 0) is 49.4 Å². The summed E-state index contributed by atoms with van der Waals surface area (Å²) in [5.74, 6) is 0.928. The van der Waals surface area contributed by atoms with Crippen LogP contribution in [0.25, 0.3) is 0 Å². The molecule has 0 aliphatic heterocycles. The summed E-state index contributed by atoms with van der Waals surface area (Å²) in [6.45, 7) is 2.43. The minimum absolute atomic E-state index is 0.303. The monoisotopic (exact) mass is 208 g/mol. The summed E-state index contributed by atoms with van der Waals surface area (Å²) in [7, 11) is 1.69. The van der Waals surface area contributed by atoms with Crippen molar-refractivity contribution < 1.29 is 9.84 Å². The molecule has 0 aliphatic rings. The highest BCUT2D eigenvalue weighted by Gasteiger charge is 2.00. The number of benzene rings is 1. The van der Waals surface area contributed by atoms with Crippen LogP contribution < -0.4 is 4.74 Å². The Morgan fingerprint density at radius 3 is 2.67 bits per heavy atom. The second-order valence-corrected chi connectivity index (χ2v) is 3.83. The Bertz CT molecular complexity index is 295. The summed E-state index contributed by atoms with van der Waals surface area (Å²) in [6, 6.07) is 6.20. The molecule has 1 aromatic carbocycles. The van der Waals surface area contributed by atoms with E-state index in [0.29, 0.717) is 6.61 Å². The molecular formula is C13H20O2. The third-order valence-electron chi connectivity index (χ3n) is 2.66. The van der Waals surface area contributed by atoms with Crippen LogP contribution >= 0.6 is 0 Å². The van der Waals surface area contributed by atoms with Gasteiger partial charge in [0, 0.05) is 6.61 Å². The maximum Gasteiger partial charge on any atom is 0.119 e. The van der Waals surface area contributed by atoms with E-state index in [0.717, 1.165) is 31.4 Å². The molecule has 2 nitrogen and oxygen atoms in total. The molecule has 0 fully saturated rings. The van der Waals surface area contributed by atoms with Crippen molar-refractivity contribution in [3.63, 3.8) is 0 Å². The highest BCUT2D eigenvalue weighted by Crippen LogP contribution is 2.19. The number of hydrogen-bond acceptors (Lipinski definition) is 2. The fourth-order valence-electron chi connectivity index (χ4n) is 1.65. The lowest BCUT2D eigenvalue weighted by atomic mass is 10.0. The van der Waals surface area contributed by atoms with Crippen molar-refractivity contribution >= 4 is 0 Å². The van der Waals surface area contributed by atoms with Crippen molar-refractivity contribution in [3.8, 4) is 5.75 Å². The molecule has 1 N–H and O–H groups in total. The van der Waals surface area contributed by atoms with Gasteiger partial charge in [-0.25, -0.2) is 0 Å². The average Bonchev–Trinajstić information content (AvgIpc) is 2.26. The van der Waals surface area contributed by atoms with E-state index in [1.807, 2.05) is 6.07 Å². The van der Waals surface area contributed by atoms with Crippen molar-refractivity contribution in [1.82, 2.24) is 0 Å². The number of aliphatic hydroxyl groups is 1. The van der Waals surface area contributed by atoms with Crippen molar-refractivity contribution in [1.29, 1.82) is 0 Å². The summed E-state index contributed by atoms with van der Waals surface area (Å²) in [5, 5.41) is 8.68. The van der Waals surface area contributed by atoms with Gasteiger partial charge in [0.15, 0.2) is 0 Å². The lowest BCUT2D eigenvalue weighted by Crippen LogP contribution is -1.93. The first-order valence-electron chi connectivity index (χ1n) is 5.52. The molecule has 0 bridgehead atoms. The molecule has 15 heavy (non-hydrogen) atoms.